The topological polar surface area (TPSA) is 92.2 Å². The summed E-state index contributed by atoms with van der Waals surface area (Å²) in [5.41, 5.74) is 1.14. The lowest BCUT2D eigenvalue weighted by Gasteiger charge is -1.85. The third-order valence-electron chi connectivity index (χ3n) is 2.38. The number of imidazole rings is 1. The van der Waals surface area contributed by atoms with E-state index in [0.717, 1.165) is 0 Å². The quantitative estimate of drug-likeness (QED) is 0.531. The summed E-state index contributed by atoms with van der Waals surface area (Å²) in [6.07, 6.45) is 4.75. The molecule has 0 atom stereocenters. The molecule has 3 aromatic heterocycles. The Morgan fingerprint density at radius 2 is 2.22 bits per heavy atom. The van der Waals surface area contributed by atoms with Gasteiger partial charge in [-0.3, -0.25) is 9.89 Å². The van der Waals surface area contributed by atoms with Crippen molar-refractivity contribution >= 4 is 11.0 Å². The third-order valence-corrected chi connectivity index (χ3v) is 2.38. The van der Waals surface area contributed by atoms with Gasteiger partial charge in [-0.2, -0.15) is 5.10 Å². The molecule has 7 nitrogen and oxygen atoms in total. The van der Waals surface area contributed by atoms with E-state index in [1.807, 2.05) is 7.05 Å². The monoisotopic (exact) mass is 240 g/mol. The minimum atomic E-state index is -0.265. The van der Waals surface area contributed by atoms with Crippen molar-refractivity contribution in [3.05, 3.63) is 40.6 Å². The van der Waals surface area contributed by atoms with E-state index in [9.17, 15) is 4.79 Å². The number of nitrogens with zero attached hydrogens (tertiary/aromatic N) is 4. The summed E-state index contributed by atoms with van der Waals surface area (Å²) in [6.45, 7) is 0. The number of aryl methyl sites for hydroxylation is 1. The molecule has 0 radical (unpaired) electrons. The first kappa shape index (κ1) is 10.3. The van der Waals surface area contributed by atoms with Crippen LogP contribution in [0.1, 0.15) is 11.4 Å². The summed E-state index contributed by atoms with van der Waals surface area (Å²) in [5, 5.41) is 6.99. The first-order chi connectivity index (χ1) is 8.74. The van der Waals surface area contributed by atoms with Crippen molar-refractivity contribution in [2.45, 2.75) is 0 Å². The van der Waals surface area contributed by atoms with Crippen LogP contribution in [0.5, 0.6) is 0 Å². The lowest BCUT2D eigenvalue weighted by molar-refractivity contribution is 0.913. The van der Waals surface area contributed by atoms with Crippen molar-refractivity contribution in [2.24, 2.45) is 7.05 Å². The summed E-state index contributed by atoms with van der Waals surface area (Å²) in [5.74, 6) is 5.65. The van der Waals surface area contributed by atoms with Crippen LogP contribution in [-0.4, -0.2) is 29.7 Å². The molecular weight excluding hydrogens is 232 g/mol. The molecule has 0 aliphatic rings. The standard InChI is InChI=1S/C11H8N6O/c1-17-4-7(14-6-17)2-3-8-9-10(16-15-8)12-5-13-11(9)18/h4-6H,1H3,(H2,12,13,15,16,18). The van der Waals surface area contributed by atoms with E-state index in [4.69, 9.17) is 0 Å². The molecule has 0 aliphatic heterocycles. The Bertz CT molecular complexity index is 828. The van der Waals surface area contributed by atoms with Crippen LogP contribution in [0, 0.1) is 11.8 Å². The molecule has 3 rings (SSSR count). The van der Waals surface area contributed by atoms with Gasteiger partial charge in [-0.15, -0.1) is 0 Å². The number of rotatable bonds is 0. The van der Waals surface area contributed by atoms with Crippen LogP contribution in [0.25, 0.3) is 11.0 Å². The normalized spacial score (nSPS) is 10.3. The summed E-state index contributed by atoms with van der Waals surface area (Å²) < 4.78 is 1.79. The Morgan fingerprint density at radius 1 is 1.33 bits per heavy atom. The Labute approximate surface area is 101 Å². The smallest absolute Gasteiger partial charge is 0.263 e. The van der Waals surface area contributed by atoms with Gasteiger partial charge in [0.25, 0.3) is 5.56 Å². The van der Waals surface area contributed by atoms with Crippen LogP contribution in [0.15, 0.2) is 23.6 Å². The lowest BCUT2D eigenvalue weighted by atomic mass is 10.3. The predicted molar refractivity (Wildman–Crippen MR) is 63.7 cm³/mol. The number of fused-ring (bicyclic) bond motifs is 1. The van der Waals surface area contributed by atoms with E-state index in [2.05, 4.69) is 37.0 Å². The molecule has 0 spiro atoms. The fourth-order valence-corrected chi connectivity index (χ4v) is 1.56. The van der Waals surface area contributed by atoms with Gasteiger partial charge in [0.1, 0.15) is 11.1 Å². The van der Waals surface area contributed by atoms with Crippen LogP contribution in [0.4, 0.5) is 0 Å². The molecule has 0 bridgehead atoms. The van der Waals surface area contributed by atoms with E-state index in [-0.39, 0.29) is 5.56 Å². The van der Waals surface area contributed by atoms with Gasteiger partial charge in [0, 0.05) is 13.2 Å². The average molecular weight is 240 g/mol. The van der Waals surface area contributed by atoms with Crippen molar-refractivity contribution in [3.63, 3.8) is 0 Å². The van der Waals surface area contributed by atoms with Crippen LogP contribution in [0.3, 0.4) is 0 Å². The molecular formula is C11H8N6O. The largest absolute Gasteiger partial charge is 0.339 e. The molecule has 0 saturated carbocycles. The van der Waals surface area contributed by atoms with Gasteiger partial charge in [-0.1, -0.05) is 0 Å². The molecule has 18 heavy (non-hydrogen) atoms. The zero-order valence-corrected chi connectivity index (χ0v) is 9.43. The molecule has 0 aliphatic carbocycles. The molecule has 0 saturated heterocycles. The summed E-state index contributed by atoms with van der Waals surface area (Å²) in [4.78, 5) is 22.2. The number of nitrogens with one attached hydrogen (secondary N) is 2. The lowest BCUT2D eigenvalue weighted by Crippen LogP contribution is -2.05. The molecule has 0 amide bonds. The zero-order chi connectivity index (χ0) is 12.5. The highest BCUT2D eigenvalue weighted by atomic mass is 16.1. The Morgan fingerprint density at radius 3 is 3.00 bits per heavy atom. The molecule has 88 valence electrons. The second-order valence-corrected chi connectivity index (χ2v) is 3.70. The fraction of sp³-hybridized carbons (Fsp3) is 0.0909. The minimum Gasteiger partial charge on any atom is -0.339 e. The van der Waals surface area contributed by atoms with Gasteiger partial charge in [0.05, 0.1) is 12.7 Å². The van der Waals surface area contributed by atoms with E-state index in [1.165, 1.54) is 6.33 Å². The van der Waals surface area contributed by atoms with Gasteiger partial charge in [-0.05, 0) is 11.8 Å². The molecule has 2 N–H and O–H groups in total. The van der Waals surface area contributed by atoms with Crippen LogP contribution < -0.4 is 5.56 Å². The predicted octanol–water partition coefficient (Wildman–Crippen LogP) is -0.221. The first-order valence-electron chi connectivity index (χ1n) is 5.16. The van der Waals surface area contributed by atoms with Crippen LogP contribution in [-0.2, 0) is 7.05 Å². The van der Waals surface area contributed by atoms with Crippen molar-refractivity contribution < 1.29 is 0 Å². The Balaban J connectivity index is 2.11. The van der Waals surface area contributed by atoms with Crippen molar-refractivity contribution in [3.8, 4) is 11.8 Å². The van der Waals surface area contributed by atoms with Gasteiger partial charge in [-0.25, -0.2) is 9.97 Å². The summed E-state index contributed by atoms with van der Waals surface area (Å²) >= 11 is 0. The molecule has 3 aromatic rings. The van der Waals surface area contributed by atoms with Crippen LogP contribution in [0.2, 0.25) is 0 Å². The summed E-state index contributed by atoms with van der Waals surface area (Å²) in [7, 11) is 1.86. The molecule has 0 fully saturated rings. The highest BCUT2D eigenvalue weighted by Gasteiger charge is 2.07. The number of hydrogen-bond donors (Lipinski definition) is 2. The zero-order valence-electron chi connectivity index (χ0n) is 9.43. The SMILES string of the molecule is Cn1cnc(C#Cc2n[nH]c3nc[nH]c(=O)c23)c1. The first-order valence-corrected chi connectivity index (χ1v) is 5.16. The van der Waals surface area contributed by atoms with Crippen molar-refractivity contribution in [1.82, 2.24) is 29.7 Å². The maximum atomic E-state index is 11.6. The number of hydrogen-bond acceptors (Lipinski definition) is 4. The van der Waals surface area contributed by atoms with E-state index >= 15 is 0 Å². The highest BCUT2D eigenvalue weighted by molar-refractivity contribution is 5.79. The van der Waals surface area contributed by atoms with Gasteiger partial charge < -0.3 is 9.55 Å². The second-order valence-electron chi connectivity index (χ2n) is 3.70. The molecule has 3 heterocycles. The third kappa shape index (κ3) is 1.66. The van der Waals surface area contributed by atoms with E-state index < -0.39 is 0 Å². The molecule has 0 aromatic carbocycles. The van der Waals surface area contributed by atoms with E-state index in [1.54, 1.807) is 17.1 Å². The van der Waals surface area contributed by atoms with E-state index in [0.29, 0.717) is 22.4 Å². The van der Waals surface area contributed by atoms with Crippen LogP contribution >= 0.6 is 0 Å². The number of H-pyrrole nitrogens is 2. The maximum Gasteiger partial charge on any atom is 0.263 e. The molecule has 0 unspecified atom stereocenters. The van der Waals surface area contributed by atoms with Gasteiger partial charge >= 0.3 is 0 Å². The van der Waals surface area contributed by atoms with Crippen molar-refractivity contribution in [1.29, 1.82) is 0 Å². The Hall–Kier alpha value is -2.88. The minimum absolute atomic E-state index is 0.265. The van der Waals surface area contributed by atoms with Gasteiger partial charge in [0.2, 0.25) is 0 Å². The molecule has 7 heteroatoms. The Kier molecular flexibility index (Phi) is 2.20. The number of aromatic amines is 2. The number of aromatic nitrogens is 6. The second kappa shape index (κ2) is 3.85. The van der Waals surface area contributed by atoms with Crippen molar-refractivity contribution in [2.75, 3.05) is 0 Å². The van der Waals surface area contributed by atoms with Gasteiger partial charge in [0.15, 0.2) is 11.3 Å². The highest BCUT2D eigenvalue weighted by Crippen LogP contribution is 2.05. The maximum absolute atomic E-state index is 11.6. The fourth-order valence-electron chi connectivity index (χ4n) is 1.56. The summed E-state index contributed by atoms with van der Waals surface area (Å²) in [6, 6.07) is 0. The average Bonchev–Trinajstić information content (AvgIpc) is 2.94.